The van der Waals surface area contributed by atoms with Crippen molar-refractivity contribution in [1.82, 2.24) is 0 Å². The van der Waals surface area contributed by atoms with Crippen LogP contribution >= 0.6 is 0 Å². The Morgan fingerprint density at radius 1 is 1.40 bits per heavy atom. The van der Waals surface area contributed by atoms with Crippen LogP contribution in [0.25, 0.3) is 0 Å². The van der Waals surface area contributed by atoms with E-state index in [-0.39, 0.29) is 0 Å². The highest BCUT2D eigenvalue weighted by Gasteiger charge is 2.17. The predicted molar refractivity (Wildman–Crippen MR) is 66.2 cm³/mol. The molecule has 0 unspecified atom stereocenters. The molecule has 1 atom stereocenters. The third kappa shape index (κ3) is 2.25. The molecule has 1 aliphatic heterocycles. The van der Waals surface area contributed by atoms with E-state index in [1.807, 2.05) is 6.07 Å². The summed E-state index contributed by atoms with van der Waals surface area (Å²) >= 11 is 0. The quantitative estimate of drug-likeness (QED) is 0.713. The fraction of sp³-hybridized carbons (Fsp3) is 0.538. The van der Waals surface area contributed by atoms with Gasteiger partial charge in [0.1, 0.15) is 0 Å². The third-order valence-corrected chi connectivity index (χ3v) is 3.22. The average molecular weight is 204 g/mol. The summed E-state index contributed by atoms with van der Waals surface area (Å²) in [6, 6.07) is 6.22. The first-order valence-corrected chi connectivity index (χ1v) is 5.78. The SMILES string of the molecule is Cc1cc(N)ccc1N1CCC[C@@H](C)C1. The predicted octanol–water partition coefficient (Wildman–Crippen LogP) is 2.81. The number of nitrogens with zero attached hydrogens (tertiary/aromatic N) is 1. The molecule has 0 spiro atoms. The molecular formula is C13H20N2. The molecule has 0 bridgehead atoms. The Balaban J connectivity index is 2.21. The highest BCUT2D eigenvalue weighted by molar-refractivity contribution is 5.59. The van der Waals surface area contributed by atoms with Crippen LogP contribution < -0.4 is 10.6 Å². The normalized spacial score (nSPS) is 21.7. The van der Waals surface area contributed by atoms with Crippen LogP contribution in [0, 0.1) is 12.8 Å². The van der Waals surface area contributed by atoms with E-state index in [1.165, 1.54) is 37.2 Å². The van der Waals surface area contributed by atoms with Gasteiger partial charge < -0.3 is 10.6 Å². The first-order valence-electron chi connectivity index (χ1n) is 5.78. The summed E-state index contributed by atoms with van der Waals surface area (Å²) in [6.45, 7) is 6.85. The van der Waals surface area contributed by atoms with E-state index in [9.17, 15) is 0 Å². The van der Waals surface area contributed by atoms with Crippen LogP contribution in [0.3, 0.4) is 0 Å². The Kier molecular flexibility index (Phi) is 2.85. The average Bonchev–Trinajstić information content (AvgIpc) is 2.17. The molecule has 2 N–H and O–H groups in total. The van der Waals surface area contributed by atoms with E-state index in [4.69, 9.17) is 5.73 Å². The smallest absolute Gasteiger partial charge is 0.0397 e. The van der Waals surface area contributed by atoms with Gasteiger partial charge in [0, 0.05) is 24.5 Å². The largest absolute Gasteiger partial charge is 0.399 e. The van der Waals surface area contributed by atoms with E-state index >= 15 is 0 Å². The number of hydrogen-bond donors (Lipinski definition) is 1. The van der Waals surface area contributed by atoms with Gasteiger partial charge in [-0.2, -0.15) is 0 Å². The van der Waals surface area contributed by atoms with E-state index in [0.717, 1.165) is 11.6 Å². The molecule has 1 heterocycles. The summed E-state index contributed by atoms with van der Waals surface area (Å²) in [5.74, 6) is 0.815. The number of nitrogens with two attached hydrogens (primary N) is 1. The van der Waals surface area contributed by atoms with Gasteiger partial charge in [0.2, 0.25) is 0 Å². The second-order valence-electron chi connectivity index (χ2n) is 4.74. The van der Waals surface area contributed by atoms with Gasteiger partial charge in [0.15, 0.2) is 0 Å². The van der Waals surface area contributed by atoms with Crippen molar-refractivity contribution < 1.29 is 0 Å². The summed E-state index contributed by atoms with van der Waals surface area (Å²) in [5.41, 5.74) is 9.28. The first-order chi connectivity index (χ1) is 7.16. The van der Waals surface area contributed by atoms with Gasteiger partial charge >= 0.3 is 0 Å². The Bertz CT molecular complexity index is 346. The molecule has 1 fully saturated rings. The topological polar surface area (TPSA) is 29.3 Å². The number of rotatable bonds is 1. The maximum atomic E-state index is 5.77. The zero-order valence-corrected chi connectivity index (χ0v) is 9.66. The molecule has 0 radical (unpaired) electrons. The van der Waals surface area contributed by atoms with Crippen LogP contribution in [0.2, 0.25) is 0 Å². The van der Waals surface area contributed by atoms with Crippen LogP contribution in [0.5, 0.6) is 0 Å². The molecular weight excluding hydrogens is 184 g/mol. The molecule has 2 nitrogen and oxygen atoms in total. The minimum absolute atomic E-state index is 0.815. The molecule has 15 heavy (non-hydrogen) atoms. The molecule has 0 aliphatic carbocycles. The van der Waals surface area contributed by atoms with Crippen molar-refractivity contribution in [2.75, 3.05) is 23.7 Å². The molecule has 0 saturated carbocycles. The first kappa shape index (κ1) is 10.3. The zero-order valence-electron chi connectivity index (χ0n) is 9.66. The molecule has 1 aromatic carbocycles. The fourth-order valence-corrected chi connectivity index (χ4v) is 2.44. The van der Waals surface area contributed by atoms with Gasteiger partial charge in [-0.25, -0.2) is 0 Å². The summed E-state index contributed by atoms with van der Waals surface area (Å²) in [5, 5.41) is 0. The Morgan fingerprint density at radius 3 is 2.87 bits per heavy atom. The highest BCUT2D eigenvalue weighted by Crippen LogP contribution is 2.27. The highest BCUT2D eigenvalue weighted by atomic mass is 15.1. The number of piperidine rings is 1. The lowest BCUT2D eigenvalue weighted by Crippen LogP contribution is -2.34. The molecule has 1 saturated heterocycles. The Morgan fingerprint density at radius 2 is 2.20 bits per heavy atom. The van der Waals surface area contributed by atoms with Crippen LogP contribution in [0.1, 0.15) is 25.3 Å². The minimum atomic E-state index is 0.815. The number of nitrogen functional groups attached to an aromatic ring is 1. The lowest BCUT2D eigenvalue weighted by molar-refractivity contribution is 0.446. The molecule has 2 heteroatoms. The minimum Gasteiger partial charge on any atom is -0.399 e. The molecule has 1 aromatic rings. The van der Waals surface area contributed by atoms with Gasteiger partial charge in [0.05, 0.1) is 0 Å². The lowest BCUT2D eigenvalue weighted by Gasteiger charge is -2.33. The van der Waals surface area contributed by atoms with Crippen molar-refractivity contribution in [2.45, 2.75) is 26.7 Å². The van der Waals surface area contributed by atoms with Crippen molar-refractivity contribution >= 4 is 11.4 Å². The van der Waals surface area contributed by atoms with Gasteiger partial charge in [-0.15, -0.1) is 0 Å². The van der Waals surface area contributed by atoms with Crippen molar-refractivity contribution in [3.05, 3.63) is 23.8 Å². The lowest BCUT2D eigenvalue weighted by atomic mass is 9.99. The third-order valence-electron chi connectivity index (χ3n) is 3.22. The van der Waals surface area contributed by atoms with Gasteiger partial charge in [-0.3, -0.25) is 0 Å². The standard InChI is InChI=1S/C13H20N2/c1-10-4-3-7-15(9-10)13-6-5-12(14)8-11(13)2/h5-6,8,10H,3-4,7,9,14H2,1-2H3/t10-/m1/s1. The van der Waals surface area contributed by atoms with Gasteiger partial charge in [-0.05, 0) is 49.4 Å². The van der Waals surface area contributed by atoms with E-state index in [2.05, 4.69) is 30.9 Å². The molecule has 1 aliphatic rings. The van der Waals surface area contributed by atoms with E-state index in [0.29, 0.717) is 0 Å². The van der Waals surface area contributed by atoms with E-state index in [1.54, 1.807) is 0 Å². The van der Waals surface area contributed by atoms with Crippen molar-refractivity contribution in [3.63, 3.8) is 0 Å². The van der Waals surface area contributed by atoms with Crippen LogP contribution in [0.4, 0.5) is 11.4 Å². The zero-order chi connectivity index (χ0) is 10.8. The summed E-state index contributed by atoms with van der Waals surface area (Å²) in [7, 11) is 0. The molecule has 0 aromatic heterocycles. The Hall–Kier alpha value is -1.18. The maximum Gasteiger partial charge on any atom is 0.0397 e. The molecule has 2 rings (SSSR count). The monoisotopic (exact) mass is 204 g/mol. The van der Waals surface area contributed by atoms with Crippen LogP contribution in [-0.4, -0.2) is 13.1 Å². The van der Waals surface area contributed by atoms with Crippen molar-refractivity contribution in [2.24, 2.45) is 5.92 Å². The molecule has 82 valence electrons. The van der Waals surface area contributed by atoms with E-state index < -0.39 is 0 Å². The fourth-order valence-electron chi connectivity index (χ4n) is 2.44. The summed E-state index contributed by atoms with van der Waals surface area (Å²) < 4.78 is 0. The van der Waals surface area contributed by atoms with Crippen molar-refractivity contribution in [3.8, 4) is 0 Å². The molecule has 0 amide bonds. The summed E-state index contributed by atoms with van der Waals surface area (Å²) in [4.78, 5) is 2.49. The summed E-state index contributed by atoms with van der Waals surface area (Å²) in [6.07, 6.45) is 2.68. The number of benzene rings is 1. The second kappa shape index (κ2) is 4.13. The van der Waals surface area contributed by atoms with Crippen LogP contribution in [0.15, 0.2) is 18.2 Å². The Labute approximate surface area is 92.1 Å². The van der Waals surface area contributed by atoms with Crippen LogP contribution in [-0.2, 0) is 0 Å². The van der Waals surface area contributed by atoms with Gasteiger partial charge in [0.25, 0.3) is 0 Å². The maximum absolute atomic E-state index is 5.77. The number of hydrogen-bond acceptors (Lipinski definition) is 2. The van der Waals surface area contributed by atoms with Gasteiger partial charge in [-0.1, -0.05) is 6.92 Å². The second-order valence-corrected chi connectivity index (χ2v) is 4.74. The number of anilines is 2. The number of aryl methyl sites for hydroxylation is 1. The van der Waals surface area contributed by atoms with Crippen molar-refractivity contribution in [1.29, 1.82) is 0 Å².